The highest BCUT2D eigenvalue weighted by Crippen LogP contribution is 2.36. The maximum Gasteiger partial charge on any atom is 0.415 e. The monoisotopic (exact) mass is 345 g/mol. The van der Waals surface area contributed by atoms with Crippen LogP contribution in [0.15, 0.2) is 30.5 Å². The molecular weight excluding hydrogens is 322 g/mol. The third-order valence-corrected chi connectivity index (χ3v) is 3.36. The second-order valence-electron chi connectivity index (χ2n) is 7.25. The largest absolute Gasteiger partial charge is 0.443 e. The number of amides is 1. The molecule has 0 aliphatic rings. The van der Waals surface area contributed by atoms with Crippen LogP contribution >= 0.6 is 0 Å². The molecule has 134 valence electrons. The van der Waals surface area contributed by atoms with Gasteiger partial charge in [0, 0.05) is 11.9 Å². The number of carbonyl (C=O) groups excluding carboxylic acids is 1. The molecular formula is C18H23N3O4. The Balaban J connectivity index is 2.68. The van der Waals surface area contributed by atoms with Crippen molar-refractivity contribution in [2.75, 3.05) is 11.4 Å². The first-order valence-corrected chi connectivity index (χ1v) is 8.13. The van der Waals surface area contributed by atoms with Crippen molar-refractivity contribution in [3.63, 3.8) is 0 Å². The molecule has 1 aromatic carbocycles. The number of ether oxygens (including phenoxy) is 1. The Morgan fingerprint density at radius 2 is 1.96 bits per heavy atom. The zero-order valence-corrected chi connectivity index (χ0v) is 15.1. The molecule has 0 saturated heterocycles. The maximum absolute atomic E-state index is 12.8. The predicted molar refractivity (Wildman–Crippen MR) is 96.8 cm³/mol. The molecule has 7 nitrogen and oxygen atoms in total. The molecule has 1 amide bonds. The second-order valence-corrected chi connectivity index (χ2v) is 7.25. The average molecular weight is 345 g/mol. The Kier molecular flexibility index (Phi) is 5.25. The molecule has 1 aromatic heterocycles. The molecule has 2 rings (SSSR count). The number of nitrogens with zero attached hydrogens (tertiary/aromatic N) is 3. The van der Waals surface area contributed by atoms with E-state index < -0.39 is 16.6 Å². The minimum atomic E-state index is -0.704. The van der Waals surface area contributed by atoms with Crippen LogP contribution in [-0.2, 0) is 4.74 Å². The van der Waals surface area contributed by atoms with Crippen LogP contribution in [0.1, 0.15) is 34.6 Å². The second kappa shape index (κ2) is 7.04. The zero-order valence-electron chi connectivity index (χ0n) is 15.1. The van der Waals surface area contributed by atoms with Crippen LogP contribution in [0.3, 0.4) is 0 Å². The van der Waals surface area contributed by atoms with E-state index in [1.165, 1.54) is 11.1 Å². The number of hydrogen-bond donors (Lipinski definition) is 0. The molecule has 2 aromatic rings. The van der Waals surface area contributed by atoms with Gasteiger partial charge in [0.15, 0.2) is 0 Å². The summed E-state index contributed by atoms with van der Waals surface area (Å²) in [5.41, 5.74) is -0.117. The van der Waals surface area contributed by atoms with Crippen molar-refractivity contribution < 1.29 is 14.5 Å². The van der Waals surface area contributed by atoms with Gasteiger partial charge in [-0.1, -0.05) is 32.0 Å². The van der Waals surface area contributed by atoms with Crippen LogP contribution in [0.5, 0.6) is 0 Å². The summed E-state index contributed by atoms with van der Waals surface area (Å²) >= 11 is 0. The van der Waals surface area contributed by atoms with Crippen molar-refractivity contribution >= 4 is 28.4 Å². The summed E-state index contributed by atoms with van der Waals surface area (Å²) in [7, 11) is 0. The number of benzene rings is 1. The van der Waals surface area contributed by atoms with Gasteiger partial charge in [-0.2, -0.15) is 0 Å². The number of fused-ring (bicyclic) bond motifs is 1. The van der Waals surface area contributed by atoms with Gasteiger partial charge in [0.1, 0.15) is 17.5 Å². The van der Waals surface area contributed by atoms with Gasteiger partial charge in [0.2, 0.25) is 0 Å². The smallest absolute Gasteiger partial charge is 0.415 e. The molecule has 0 aliphatic carbocycles. The number of carbonyl (C=O) groups is 1. The summed E-state index contributed by atoms with van der Waals surface area (Å²) in [6, 6.07) is 7.04. The lowest BCUT2D eigenvalue weighted by Gasteiger charge is -2.29. The third kappa shape index (κ3) is 4.43. The summed E-state index contributed by atoms with van der Waals surface area (Å²) in [6.45, 7) is 9.45. The average Bonchev–Trinajstić information content (AvgIpc) is 2.49. The van der Waals surface area contributed by atoms with E-state index in [2.05, 4.69) is 4.98 Å². The molecule has 0 bridgehead atoms. The fraction of sp³-hybridized carbons (Fsp3) is 0.444. The Bertz CT molecular complexity index is 796. The maximum atomic E-state index is 12.8. The number of pyridine rings is 1. The number of nitro groups is 1. The fourth-order valence-electron chi connectivity index (χ4n) is 2.47. The minimum Gasteiger partial charge on any atom is -0.443 e. The van der Waals surface area contributed by atoms with Crippen LogP contribution in [-0.4, -0.2) is 28.1 Å². The van der Waals surface area contributed by atoms with E-state index >= 15 is 0 Å². The van der Waals surface area contributed by atoms with Crippen LogP contribution in [0.25, 0.3) is 10.9 Å². The van der Waals surface area contributed by atoms with Gasteiger partial charge in [0.05, 0.1) is 10.4 Å². The zero-order chi connectivity index (χ0) is 18.8. The molecule has 25 heavy (non-hydrogen) atoms. The molecule has 0 spiro atoms. The predicted octanol–water partition coefficient (Wildman–Crippen LogP) is 4.54. The normalized spacial score (nSPS) is 11.6. The van der Waals surface area contributed by atoms with E-state index in [1.807, 2.05) is 13.8 Å². The summed E-state index contributed by atoms with van der Waals surface area (Å²) in [6.07, 6.45) is 0.579. The number of aromatic nitrogens is 1. The van der Waals surface area contributed by atoms with E-state index in [-0.39, 0.29) is 17.3 Å². The van der Waals surface area contributed by atoms with Crippen molar-refractivity contribution in [2.24, 2.45) is 5.92 Å². The third-order valence-electron chi connectivity index (χ3n) is 3.36. The summed E-state index contributed by atoms with van der Waals surface area (Å²) < 4.78 is 5.48. The van der Waals surface area contributed by atoms with Crippen LogP contribution in [0, 0.1) is 16.0 Å². The van der Waals surface area contributed by atoms with Gasteiger partial charge >= 0.3 is 11.8 Å². The van der Waals surface area contributed by atoms with Gasteiger partial charge in [-0.3, -0.25) is 15.0 Å². The van der Waals surface area contributed by atoms with Crippen LogP contribution in [0.2, 0.25) is 0 Å². The quantitative estimate of drug-likeness (QED) is 0.600. The Morgan fingerprint density at radius 1 is 1.32 bits per heavy atom. The molecule has 0 atom stereocenters. The van der Waals surface area contributed by atoms with E-state index in [4.69, 9.17) is 4.74 Å². The number of para-hydroxylation sites is 1. The highest BCUT2D eigenvalue weighted by molar-refractivity contribution is 6.04. The molecule has 0 unspecified atom stereocenters. The Hall–Kier alpha value is -2.70. The minimum absolute atomic E-state index is 0.0963. The van der Waals surface area contributed by atoms with Crippen molar-refractivity contribution in [3.05, 3.63) is 40.6 Å². The number of hydrogen-bond acceptors (Lipinski definition) is 5. The van der Waals surface area contributed by atoms with Crippen molar-refractivity contribution in [3.8, 4) is 0 Å². The molecule has 0 N–H and O–H groups in total. The van der Waals surface area contributed by atoms with E-state index in [0.29, 0.717) is 17.4 Å². The van der Waals surface area contributed by atoms with Gasteiger partial charge in [-0.25, -0.2) is 9.78 Å². The first-order chi connectivity index (χ1) is 11.6. The van der Waals surface area contributed by atoms with Crippen molar-refractivity contribution in [1.29, 1.82) is 0 Å². The van der Waals surface area contributed by atoms with Crippen LogP contribution in [0.4, 0.5) is 16.2 Å². The van der Waals surface area contributed by atoms with Gasteiger partial charge in [-0.15, -0.1) is 0 Å². The van der Waals surface area contributed by atoms with Gasteiger partial charge in [-0.05, 0) is 32.8 Å². The lowest BCUT2D eigenvalue weighted by Crippen LogP contribution is -2.39. The first-order valence-electron chi connectivity index (χ1n) is 8.13. The molecule has 0 radical (unpaired) electrons. The number of rotatable bonds is 4. The lowest BCUT2D eigenvalue weighted by atomic mass is 10.1. The highest BCUT2D eigenvalue weighted by Gasteiger charge is 2.31. The van der Waals surface area contributed by atoms with Crippen LogP contribution < -0.4 is 4.90 Å². The number of anilines is 1. The lowest BCUT2D eigenvalue weighted by molar-refractivity contribution is -0.384. The van der Waals surface area contributed by atoms with E-state index in [1.54, 1.807) is 45.0 Å². The van der Waals surface area contributed by atoms with Gasteiger partial charge < -0.3 is 4.74 Å². The van der Waals surface area contributed by atoms with E-state index in [0.717, 1.165) is 0 Å². The van der Waals surface area contributed by atoms with E-state index in [9.17, 15) is 14.9 Å². The molecule has 0 fully saturated rings. The SMILES string of the molecule is CC(C)CN(C(=O)OC(C)(C)C)c1c([N+](=O)[O-])cnc2ccccc12. The first kappa shape index (κ1) is 18.6. The van der Waals surface area contributed by atoms with Gasteiger partial charge in [0.25, 0.3) is 0 Å². The molecule has 7 heteroatoms. The molecule has 1 heterocycles. The fourth-order valence-corrected chi connectivity index (χ4v) is 2.47. The Morgan fingerprint density at radius 3 is 2.52 bits per heavy atom. The highest BCUT2D eigenvalue weighted by atomic mass is 16.6. The summed E-state index contributed by atoms with van der Waals surface area (Å²) in [5.74, 6) is 0.0963. The standard InChI is InChI=1S/C18H23N3O4/c1-12(2)11-20(17(22)25-18(3,4)5)16-13-8-6-7-9-14(13)19-10-15(16)21(23)24/h6-10,12H,11H2,1-5H3. The van der Waals surface area contributed by atoms with Crippen molar-refractivity contribution in [1.82, 2.24) is 4.98 Å². The topological polar surface area (TPSA) is 85.6 Å². The summed E-state index contributed by atoms with van der Waals surface area (Å²) in [5, 5.41) is 12.1. The summed E-state index contributed by atoms with van der Waals surface area (Å²) in [4.78, 5) is 29.3. The van der Waals surface area contributed by atoms with Crippen molar-refractivity contribution in [2.45, 2.75) is 40.2 Å². The molecule has 0 aliphatic heterocycles. The Labute approximate surface area is 146 Å². The molecule has 0 saturated carbocycles.